The second-order valence-electron chi connectivity index (χ2n) is 3.64. The largest absolute Gasteiger partial charge is 0.508 e. The summed E-state index contributed by atoms with van der Waals surface area (Å²) in [7, 11) is 0. The van der Waals surface area contributed by atoms with Crippen molar-refractivity contribution in [2.45, 2.75) is 12.8 Å². The van der Waals surface area contributed by atoms with Gasteiger partial charge in [-0.1, -0.05) is 19.1 Å². The average molecular weight is 177 g/mol. The zero-order valence-electron chi connectivity index (χ0n) is 7.90. The van der Waals surface area contributed by atoms with Crippen LogP contribution >= 0.6 is 0 Å². The van der Waals surface area contributed by atoms with E-state index in [0.717, 1.165) is 6.54 Å². The third-order valence-electron chi connectivity index (χ3n) is 2.77. The van der Waals surface area contributed by atoms with Gasteiger partial charge in [-0.15, -0.1) is 0 Å². The van der Waals surface area contributed by atoms with Crippen LogP contribution in [-0.4, -0.2) is 29.6 Å². The molecule has 0 aliphatic carbocycles. The molecule has 1 aliphatic rings. The number of likely N-dealkylation sites (N-methyl/N-ethyl adjacent to an activating group) is 1. The van der Waals surface area contributed by atoms with Crippen molar-refractivity contribution in [3.8, 4) is 5.75 Å². The van der Waals surface area contributed by atoms with Gasteiger partial charge in [0, 0.05) is 19.0 Å². The van der Waals surface area contributed by atoms with E-state index in [9.17, 15) is 0 Å². The van der Waals surface area contributed by atoms with E-state index in [4.69, 9.17) is 5.11 Å². The highest BCUT2D eigenvalue weighted by atomic mass is 16.3. The fourth-order valence-corrected chi connectivity index (χ4v) is 1.79. The number of hydrogen-bond acceptors (Lipinski definition) is 2. The third-order valence-corrected chi connectivity index (χ3v) is 2.77. The molecular weight excluding hydrogens is 162 g/mol. The second kappa shape index (κ2) is 3.38. The molecule has 0 spiro atoms. The molecule has 2 nitrogen and oxygen atoms in total. The fraction of sp³-hybridized carbons (Fsp3) is 0.455. The van der Waals surface area contributed by atoms with Crippen LogP contribution in [0.1, 0.15) is 18.4 Å². The zero-order chi connectivity index (χ0) is 9.26. The minimum atomic E-state index is 0.357. The van der Waals surface area contributed by atoms with Crippen molar-refractivity contribution < 1.29 is 5.11 Å². The van der Waals surface area contributed by atoms with Crippen LogP contribution in [0.2, 0.25) is 0 Å². The van der Waals surface area contributed by atoms with Crippen LogP contribution in [0, 0.1) is 0 Å². The lowest BCUT2D eigenvalue weighted by atomic mass is 9.91. The van der Waals surface area contributed by atoms with Gasteiger partial charge in [0.2, 0.25) is 0 Å². The Hall–Kier alpha value is -1.02. The number of hydrogen-bond donors (Lipinski definition) is 1. The highest BCUT2D eigenvalue weighted by molar-refractivity contribution is 5.29. The van der Waals surface area contributed by atoms with E-state index in [2.05, 4.69) is 11.8 Å². The van der Waals surface area contributed by atoms with Crippen LogP contribution in [0.25, 0.3) is 0 Å². The van der Waals surface area contributed by atoms with E-state index in [-0.39, 0.29) is 0 Å². The molecule has 1 aromatic carbocycles. The van der Waals surface area contributed by atoms with E-state index in [1.54, 1.807) is 12.1 Å². The summed E-state index contributed by atoms with van der Waals surface area (Å²) in [6, 6.07) is 7.58. The molecule has 1 aliphatic heterocycles. The molecule has 0 bridgehead atoms. The first-order chi connectivity index (χ1) is 6.29. The second-order valence-corrected chi connectivity index (χ2v) is 3.64. The number of phenolic OH excluding ortho intramolecular Hbond substituents is 1. The van der Waals surface area contributed by atoms with Gasteiger partial charge in [-0.3, -0.25) is 0 Å². The van der Waals surface area contributed by atoms with Crippen molar-refractivity contribution in [1.82, 2.24) is 4.90 Å². The molecule has 1 N–H and O–H groups in total. The summed E-state index contributed by atoms with van der Waals surface area (Å²) in [6.45, 7) is 5.67. The van der Waals surface area contributed by atoms with Crippen LogP contribution in [0.3, 0.4) is 0 Å². The lowest BCUT2D eigenvalue weighted by molar-refractivity contribution is 0.157. The fourth-order valence-electron chi connectivity index (χ4n) is 1.79. The predicted octanol–water partition coefficient (Wildman–Crippen LogP) is 1.81. The summed E-state index contributed by atoms with van der Waals surface area (Å²) < 4.78 is 0. The predicted molar refractivity (Wildman–Crippen MR) is 53.0 cm³/mol. The van der Waals surface area contributed by atoms with Crippen LogP contribution in [0.5, 0.6) is 5.75 Å². The smallest absolute Gasteiger partial charge is 0.115 e. The summed E-state index contributed by atoms with van der Waals surface area (Å²) in [6.07, 6.45) is 0. The molecule has 0 saturated carbocycles. The number of benzene rings is 1. The molecule has 13 heavy (non-hydrogen) atoms. The molecule has 1 heterocycles. The topological polar surface area (TPSA) is 23.5 Å². The van der Waals surface area contributed by atoms with E-state index in [1.165, 1.54) is 18.7 Å². The summed E-state index contributed by atoms with van der Waals surface area (Å²) in [4.78, 5) is 2.41. The van der Waals surface area contributed by atoms with Crippen molar-refractivity contribution in [3.05, 3.63) is 29.8 Å². The van der Waals surface area contributed by atoms with Gasteiger partial charge in [0.05, 0.1) is 0 Å². The molecule has 1 aromatic rings. The van der Waals surface area contributed by atoms with Gasteiger partial charge in [-0.05, 0) is 24.2 Å². The van der Waals surface area contributed by atoms with Crippen LogP contribution in [-0.2, 0) is 0 Å². The number of phenols is 1. The van der Waals surface area contributed by atoms with Crippen molar-refractivity contribution in [2.24, 2.45) is 0 Å². The van der Waals surface area contributed by atoms with E-state index < -0.39 is 0 Å². The highest BCUT2D eigenvalue weighted by Gasteiger charge is 2.26. The monoisotopic (exact) mass is 177 g/mol. The van der Waals surface area contributed by atoms with Gasteiger partial charge in [0.1, 0.15) is 5.75 Å². The summed E-state index contributed by atoms with van der Waals surface area (Å²) in [5, 5.41) is 9.12. The first kappa shape index (κ1) is 8.57. The minimum absolute atomic E-state index is 0.357. The minimum Gasteiger partial charge on any atom is -0.508 e. The van der Waals surface area contributed by atoms with Crippen molar-refractivity contribution in [3.63, 3.8) is 0 Å². The summed E-state index contributed by atoms with van der Waals surface area (Å²) >= 11 is 0. The zero-order valence-corrected chi connectivity index (χ0v) is 7.90. The van der Waals surface area contributed by atoms with Gasteiger partial charge in [0.15, 0.2) is 0 Å². The van der Waals surface area contributed by atoms with Crippen molar-refractivity contribution in [1.29, 1.82) is 0 Å². The highest BCUT2D eigenvalue weighted by Crippen LogP contribution is 2.27. The quantitative estimate of drug-likeness (QED) is 0.744. The van der Waals surface area contributed by atoms with Crippen LogP contribution < -0.4 is 0 Å². The first-order valence-corrected chi connectivity index (χ1v) is 4.81. The Morgan fingerprint density at radius 1 is 1.31 bits per heavy atom. The average Bonchev–Trinajstić information content (AvgIpc) is 2.06. The number of nitrogens with zero attached hydrogens (tertiary/aromatic N) is 1. The standard InChI is InChI=1S/C11H15NO/c1-2-12-7-10(8-12)9-3-5-11(13)6-4-9/h3-6,10,13H,2,7-8H2,1H3. The molecule has 2 heteroatoms. The number of likely N-dealkylation sites (tertiary alicyclic amines) is 1. The molecular formula is C11H15NO. The molecule has 0 aromatic heterocycles. The van der Waals surface area contributed by atoms with Gasteiger partial charge in [0.25, 0.3) is 0 Å². The Bertz CT molecular complexity index is 275. The van der Waals surface area contributed by atoms with Gasteiger partial charge in [-0.25, -0.2) is 0 Å². The van der Waals surface area contributed by atoms with Gasteiger partial charge in [-0.2, -0.15) is 0 Å². The van der Waals surface area contributed by atoms with E-state index in [1.807, 2.05) is 12.1 Å². The molecule has 0 atom stereocenters. The Morgan fingerprint density at radius 2 is 1.92 bits per heavy atom. The van der Waals surface area contributed by atoms with E-state index in [0.29, 0.717) is 11.7 Å². The number of rotatable bonds is 2. The number of aromatic hydroxyl groups is 1. The molecule has 0 radical (unpaired) electrons. The maximum Gasteiger partial charge on any atom is 0.115 e. The van der Waals surface area contributed by atoms with Crippen LogP contribution in [0.4, 0.5) is 0 Å². The normalized spacial score (nSPS) is 18.5. The van der Waals surface area contributed by atoms with Crippen LogP contribution in [0.15, 0.2) is 24.3 Å². The van der Waals surface area contributed by atoms with Crippen molar-refractivity contribution in [2.75, 3.05) is 19.6 Å². The lowest BCUT2D eigenvalue weighted by Gasteiger charge is -2.38. The lowest BCUT2D eigenvalue weighted by Crippen LogP contribution is -2.44. The Kier molecular flexibility index (Phi) is 2.23. The Morgan fingerprint density at radius 3 is 2.46 bits per heavy atom. The molecule has 1 fully saturated rings. The van der Waals surface area contributed by atoms with Gasteiger partial charge < -0.3 is 10.0 Å². The van der Waals surface area contributed by atoms with E-state index >= 15 is 0 Å². The maximum atomic E-state index is 9.12. The Balaban J connectivity index is 1.99. The Labute approximate surface area is 78.8 Å². The molecule has 2 rings (SSSR count). The third kappa shape index (κ3) is 1.68. The molecule has 70 valence electrons. The van der Waals surface area contributed by atoms with Crippen molar-refractivity contribution >= 4 is 0 Å². The first-order valence-electron chi connectivity index (χ1n) is 4.81. The molecule has 1 saturated heterocycles. The molecule has 0 unspecified atom stereocenters. The summed E-state index contributed by atoms with van der Waals surface area (Å²) in [5.74, 6) is 1.04. The van der Waals surface area contributed by atoms with Gasteiger partial charge >= 0.3 is 0 Å². The maximum absolute atomic E-state index is 9.12. The SMILES string of the molecule is CCN1CC(c2ccc(O)cc2)C1. The molecule has 0 amide bonds. The summed E-state index contributed by atoms with van der Waals surface area (Å²) in [5.41, 5.74) is 1.35.